The van der Waals surface area contributed by atoms with E-state index in [1.807, 2.05) is 13.8 Å². The zero-order valence-corrected chi connectivity index (χ0v) is 11.0. The first-order chi connectivity index (χ1) is 7.65. The minimum absolute atomic E-state index is 0.128. The summed E-state index contributed by atoms with van der Waals surface area (Å²) in [5, 5.41) is 3.41. The number of rotatable bonds is 5. The van der Waals surface area contributed by atoms with E-state index in [1.165, 1.54) is 12.8 Å². The van der Waals surface area contributed by atoms with Crippen LogP contribution < -0.4 is 5.32 Å². The fourth-order valence-electron chi connectivity index (χ4n) is 2.32. The summed E-state index contributed by atoms with van der Waals surface area (Å²) in [6, 6.07) is 0. The third kappa shape index (κ3) is 4.12. The lowest BCUT2D eigenvalue weighted by Crippen LogP contribution is -2.42. The lowest BCUT2D eigenvalue weighted by molar-refractivity contribution is -0.135. The van der Waals surface area contributed by atoms with Crippen LogP contribution in [0.5, 0.6) is 0 Å². The zero-order chi connectivity index (χ0) is 12.0. The molecule has 1 N–H and O–H groups in total. The normalized spacial score (nSPS) is 21.1. The molecule has 0 radical (unpaired) electrons. The summed E-state index contributed by atoms with van der Waals surface area (Å²) in [5.41, 5.74) is 0. The average molecular weight is 226 g/mol. The van der Waals surface area contributed by atoms with Crippen LogP contribution in [-0.2, 0) is 4.79 Å². The molecule has 1 aliphatic heterocycles. The van der Waals surface area contributed by atoms with Gasteiger partial charge in [-0.25, -0.2) is 0 Å². The highest BCUT2D eigenvalue weighted by Gasteiger charge is 2.21. The van der Waals surface area contributed by atoms with Crippen molar-refractivity contribution in [3.05, 3.63) is 0 Å². The average Bonchev–Trinajstić information content (AvgIpc) is 2.29. The standard InChI is InChI=1S/C13H26N2O/c1-4-8-15(13(16)11(2)3)10-12-6-5-7-14-9-12/h11-12,14H,4-10H2,1-3H3. The Morgan fingerprint density at radius 3 is 2.75 bits per heavy atom. The predicted octanol–water partition coefficient (Wildman–Crippen LogP) is 1.88. The summed E-state index contributed by atoms with van der Waals surface area (Å²) in [5.74, 6) is 1.10. The molecule has 1 saturated heterocycles. The molecular weight excluding hydrogens is 200 g/mol. The van der Waals surface area contributed by atoms with Gasteiger partial charge in [-0.3, -0.25) is 4.79 Å². The van der Waals surface area contributed by atoms with E-state index in [2.05, 4.69) is 17.1 Å². The van der Waals surface area contributed by atoms with Crippen LogP contribution in [0.25, 0.3) is 0 Å². The first-order valence-corrected chi connectivity index (χ1v) is 6.64. The molecule has 0 spiro atoms. The highest BCUT2D eigenvalue weighted by molar-refractivity contribution is 5.78. The molecule has 0 bridgehead atoms. The second-order valence-electron chi connectivity index (χ2n) is 5.15. The number of nitrogens with one attached hydrogen (secondary N) is 1. The maximum Gasteiger partial charge on any atom is 0.225 e. The Hall–Kier alpha value is -0.570. The third-order valence-corrected chi connectivity index (χ3v) is 3.18. The lowest BCUT2D eigenvalue weighted by Gasteiger charge is -2.31. The SMILES string of the molecule is CCCN(CC1CCCNC1)C(=O)C(C)C. The Bertz CT molecular complexity index is 210. The topological polar surface area (TPSA) is 32.3 Å². The molecule has 1 aliphatic rings. The molecule has 0 aliphatic carbocycles. The van der Waals surface area contributed by atoms with Crippen molar-refractivity contribution < 1.29 is 4.79 Å². The molecule has 1 fully saturated rings. The minimum atomic E-state index is 0.128. The molecule has 3 heteroatoms. The van der Waals surface area contributed by atoms with Crippen LogP contribution in [-0.4, -0.2) is 37.0 Å². The van der Waals surface area contributed by atoms with E-state index in [1.54, 1.807) is 0 Å². The number of nitrogens with zero attached hydrogens (tertiary/aromatic N) is 1. The molecule has 94 valence electrons. The van der Waals surface area contributed by atoms with E-state index < -0.39 is 0 Å². The van der Waals surface area contributed by atoms with Gasteiger partial charge in [0.1, 0.15) is 0 Å². The van der Waals surface area contributed by atoms with Gasteiger partial charge in [0.15, 0.2) is 0 Å². The van der Waals surface area contributed by atoms with Crippen molar-refractivity contribution in [2.45, 2.75) is 40.0 Å². The van der Waals surface area contributed by atoms with Crippen LogP contribution in [0.15, 0.2) is 0 Å². The van der Waals surface area contributed by atoms with Gasteiger partial charge in [-0.1, -0.05) is 20.8 Å². The third-order valence-electron chi connectivity index (χ3n) is 3.18. The van der Waals surface area contributed by atoms with Crippen molar-refractivity contribution in [2.75, 3.05) is 26.2 Å². The Kier molecular flexibility index (Phi) is 5.81. The van der Waals surface area contributed by atoms with Gasteiger partial charge in [-0.05, 0) is 38.3 Å². The van der Waals surface area contributed by atoms with E-state index in [-0.39, 0.29) is 5.92 Å². The summed E-state index contributed by atoms with van der Waals surface area (Å²) in [7, 11) is 0. The molecule has 0 aromatic carbocycles. The quantitative estimate of drug-likeness (QED) is 0.776. The monoisotopic (exact) mass is 226 g/mol. The number of hydrogen-bond acceptors (Lipinski definition) is 2. The van der Waals surface area contributed by atoms with Gasteiger partial charge in [0.05, 0.1) is 0 Å². The number of hydrogen-bond donors (Lipinski definition) is 1. The van der Waals surface area contributed by atoms with E-state index >= 15 is 0 Å². The maximum atomic E-state index is 12.0. The Morgan fingerprint density at radius 2 is 2.25 bits per heavy atom. The van der Waals surface area contributed by atoms with Crippen LogP contribution in [0.4, 0.5) is 0 Å². The van der Waals surface area contributed by atoms with E-state index in [0.717, 1.165) is 32.6 Å². The number of piperidine rings is 1. The largest absolute Gasteiger partial charge is 0.342 e. The zero-order valence-electron chi connectivity index (χ0n) is 11.0. The van der Waals surface area contributed by atoms with Crippen molar-refractivity contribution in [3.63, 3.8) is 0 Å². The summed E-state index contributed by atoms with van der Waals surface area (Å²) in [6.45, 7) is 10.2. The lowest BCUT2D eigenvalue weighted by atomic mass is 9.98. The fourth-order valence-corrected chi connectivity index (χ4v) is 2.32. The molecule has 0 aromatic rings. The van der Waals surface area contributed by atoms with Crippen LogP contribution >= 0.6 is 0 Å². The van der Waals surface area contributed by atoms with Gasteiger partial charge >= 0.3 is 0 Å². The second-order valence-corrected chi connectivity index (χ2v) is 5.15. The first-order valence-electron chi connectivity index (χ1n) is 6.64. The van der Waals surface area contributed by atoms with Gasteiger partial charge in [-0.2, -0.15) is 0 Å². The minimum Gasteiger partial charge on any atom is -0.342 e. The number of carbonyl (C=O) groups excluding carboxylic acids is 1. The van der Waals surface area contributed by atoms with Crippen molar-refractivity contribution in [1.29, 1.82) is 0 Å². The highest BCUT2D eigenvalue weighted by atomic mass is 16.2. The second kappa shape index (κ2) is 6.89. The Labute approximate surface area is 99.6 Å². The van der Waals surface area contributed by atoms with Crippen LogP contribution in [0.1, 0.15) is 40.0 Å². The number of amides is 1. The van der Waals surface area contributed by atoms with E-state index in [4.69, 9.17) is 0 Å². The molecule has 3 nitrogen and oxygen atoms in total. The van der Waals surface area contributed by atoms with Gasteiger partial charge in [0.25, 0.3) is 0 Å². The molecule has 0 aromatic heterocycles. The van der Waals surface area contributed by atoms with Crippen LogP contribution in [0.2, 0.25) is 0 Å². The molecular formula is C13H26N2O. The smallest absolute Gasteiger partial charge is 0.225 e. The Morgan fingerprint density at radius 1 is 1.50 bits per heavy atom. The van der Waals surface area contributed by atoms with Crippen molar-refractivity contribution >= 4 is 5.91 Å². The molecule has 16 heavy (non-hydrogen) atoms. The summed E-state index contributed by atoms with van der Waals surface area (Å²) in [6.07, 6.45) is 3.57. The van der Waals surface area contributed by atoms with Crippen LogP contribution in [0, 0.1) is 11.8 Å². The van der Waals surface area contributed by atoms with Gasteiger partial charge in [0.2, 0.25) is 5.91 Å². The van der Waals surface area contributed by atoms with E-state index in [0.29, 0.717) is 11.8 Å². The van der Waals surface area contributed by atoms with E-state index in [9.17, 15) is 4.79 Å². The van der Waals surface area contributed by atoms with Gasteiger partial charge < -0.3 is 10.2 Å². The predicted molar refractivity (Wildman–Crippen MR) is 67.3 cm³/mol. The summed E-state index contributed by atoms with van der Waals surface area (Å²) >= 11 is 0. The van der Waals surface area contributed by atoms with Crippen molar-refractivity contribution in [3.8, 4) is 0 Å². The molecule has 0 saturated carbocycles. The molecule has 1 unspecified atom stereocenters. The van der Waals surface area contributed by atoms with Gasteiger partial charge in [0, 0.05) is 19.0 Å². The van der Waals surface area contributed by atoms with Crippen molar-refractivity contribution in [1.82, 2.24) is 10.2 Å². The molecule has 1 heterocycles. The van der Waals surface area contributed by atoms with Crippen molar-refractivity contribution in [2.24, 2.45) is 11.8 Å². The summed E-state index contributed by atoms with van der Waals surface area (Å²) in [4.78, 5) is 14.1. The highest BCUT2D eigenvalue weighted by Crippen LogP contribution is 2.13. The first kappa shape index (κ1) is 13.5. The maximum absolute atomic E-state index is 12.0. The molecule has 1 amide bonds. The summed E-state index contributed by atoms with van der Waals surface area (Å²) < 4.78 is 0. The van der Waals surface area contributed by atoms with Gasteiger partial charge in [-0.15, -0.1) is 0 Å². The number of carbonyl (C=O) groups is 1. The molecule has 1 rings (SSSR count). The molecule has 1 atom stereocenters. The van der Waals surface area contributed by atoms with Crippen LogP contribution in [0.3, 0.4) is 0 Å². The fraction of sp³-hybridized carbons (Fsp3) is 0.923. The Balaban J connectivity index is 2.45.